The van der Waals surface area contributed by atoms with Crippen molar-refractivity contribution in [2.45, 2.75) is 56.8 Å². The van der Waals surface area contributed by atoms with Gasteiger partial charge in [0, 0.05) is 5.39 Å². The smallest absolute Gasteiger partial charge is 0.282 e. The third kappa shape index (κ3) is 4.55. The summed E-state index contributed by atoms with van der Waals surface area (Å²) in [5.74, 6) is 0. The maximum Gasteiger partial charge on any atom is 0.295 e. The van der Waals surface area contributed by atoms with Crippen LogP contribution in [0.25, 0.3) is 10.8 Å². The van der Waals surface area contributed by atoms with E-state index in [9.17, 15) is 13.0 Å². The molecule has 0 amide bonds. The van der Waals surface area contributed by atoms with Crippen LogP contribution in [0, 0.1) is 0 Å². The van der Waals surface area contributed by atoms with Crippen LogP contribution in [-0.4, -0.2) is 13.0 Å². The van der Waals surface area contributed by atoms with Gasteiger partial charge in [0.05, 0.1) is 0 Å². The summed E-state index contributed by atoms with van der Waals surface area (Å²) in [6.07, 6.45) is 8.07. The second-order valence-corrected chi connectivity index (χ2v) is 7.20. The summed E-state index contributed by atoms with van der Waals surface area (Å²) in [6.45, 7) is 2.20. The molecule has 0 aliphatic carbocycles. The molecule has 2 aromatic carbocycles. The van der Waals surface area contributed by atoms with E-state index in [4.69, 9.17) is 0 Å². The molecule has 0 aromatic heterocycles. The summed E-state index contributed by atoms with van der Waals surface area (Å²) >= 11 is 0. The van der Waals surface area contributed by atoms with Crippen molar-refractivity contribution in [1.82, 2.24) is 0 Å². The molecule has 0 fully saturated rings. The van der Waals surface area contributed by atoms with E-state index >= 15 is 0 Å². The fourth-order valence-electron chi connectivity index (χ4n) is 2.80. The van der Waals surface area contributed by atoms with Crippen LogP contribution >= 0.6 is 0 Å². The molecule has 0 radical (unpaired) electrons. The molecule has 0 saturated carbocycles. The van der Waals surface area contributed by atoms with Crippen LogP contribution in [0.3, 0.4) is 0 Å². The molecule has 0 aliphatic heterocycles. The summed E-state index contributed by atoms with van der Waals surface area (Å²) in [7, 11) is -4.19. The van der Waals surface area contributed by atoms with E-state index < -0.39 is 10.1 Å². The van der Waals surface area contributed by atoms with Crippen LogP contribution in [0.1, 0.15) is 51.0 Å². The van der Waals surface area contributed by atoms with E-state index in [0.717, 1.165) is 30.2 Å². The highest BCUT2D eigenvalue weighted by molar-refractivity contribution is 7.86. The molecular weight excluding hydrogens is 296 g/mol. The minimum Gasteiger partial charge on any atom is -0.282 e. The van der Waals surface area contributed by atoms with E-state index in [-0.39, 0.29) is 4.90 Å². The Labute approximate surface area is 133 Å². The molecule has 0 heterocycles. The van der Waals surface area contributed by atoms with Gasteiger partial charge in [0.15, 0.2) is 0 Å². The molecule has 2 rings (SSSR count). The lowest BCUT2D eigenvalue weighted by molar-refractivity contribution is 0.484. The fraction of sp³-hybridized carbons (Fsp3) is 0.444. The normalized spacial score (nSPS) is 11.9. The van der Waals surface area contributed by atoms with Crippen molar-refractivity contribution in [3.8, 4) is 0 Å². The van der Waals surface area contributed by atoms with Gasteiger partial charge in [-0.1, -0.05) is 69.4 Å². The average molecular weight is 320 g/mol. The van der Waals surface area contributed by atoms with Crippen molar-refractivity contribution in [3.63, 3.8) is 0 Å². The Morgan fingerprint density at radius 3 is 2.36 bits per heavy atom. The molecule has 0 unspecified atom stereocenters. The zero-order valence-electron chi connectivity index (χ0n) is 13.1. The van der Waals surface area contributed by atoms with Gasteiger partial charge in [-0.2, -0.15) is 8.42 Å². The van der Waals surface area contributed by atoms with Gasteiger partial charge in [0.1, 0.15) is 4.90 Å². The van der Waals surface area contributed by atoms with Crippen molar-refractivity contribution in [1.29, 1.82) is 0 Å². The third-order valence-corrected chi connectivity index (χ3v) is 4.87. The van der Waals surface area contributed by atoms with Crippen LogP contribution in [-0.2, 0) is 16.5 Å². The second kappa shape index (κ2) is 7.75. The molecule has 0 aliphatic rings. The molecular formula is C18H24O3S. The Hall–Kier alpha value is -1.39. The van der Waals surface area contributed by atoms with Crippen molar-refractivity contribution in [3.05, 3.63) is 42.0 Å². The molecule has 120 valence electrons. The van der Waals surface area contributed by atoms with Gasteiger partial charge < -0.3 is 0 Å². The van der Waals surface area contributed by atoms with Crippen LogP contribution in [0.15, 0.2) is 41.3 Å². The second-order valence-electron chi connectivity index (χ2n) is 5.81. The number of hydrogen-bond donors (Lipinski definition) is 1. The number of rotatable bonds is 8. The van der Waals surface area contributed by atoms with Crippen LogP contribution in [0.5, 0.6) is 0 Å². The molecule has 22 heavy (non-hydrogen) atoms. The molecule has 4 heteroatoms. The summed E-state index contributed by atoms with van der Waals surface area (Å²) < 4.78 is 32.7. The summed E-state index contributed by atoms with van der Waals surface area (Å²) in [4.78, 5) is 0.0200. The molecule has 1 N–H and O–H groups in total. The van der Waals surface area contributed by atoms with Crippen molar-refractivity contribution in [2.24, 2.45) is 0 Å². The SMILES string of the molecule is CCCCCCCCc1cc(S(=O)(=O)O)c2ccccc2c1. The lowest BCUT2D eigenvalue weighted by atomic mass is 10.0. The highest BCUT2D eigenvalue weighted by Crippen LogP contribution is 2.26. The van der Waals surface area contributed by atoms with Crippen LogP contribution in [0.4, 0.5) is 0 Å². The fourth-order valence-corrected chi connectivity index (χ4v) is 3.57. The Morgan fingerprint density at radius 1 is 0.955 bits per heavy atom. The van der Waals surface area contributed by atoms with Gasteiger partial charge in [-0.05, 0) is 29.9 Å². The standard InChI is InChI=1S/C18H24O3S/c1-2-3-4-5-6-7-10-15-13-16-11-8-9-12-17(16)18(14-15)22(19,20)21/h8-9,11-14H,2-7,10H2,1H3,(H,19,20,21). The third-order valence-electron chi connectivity index (χ3n) is 3.98. The number of benzene rings is 2. The van der Waals surface area contributed by atoms with Gasteiger partial charge in [0.2, 0.25) is 0 Å². The molecule has 3 nitrogen and oxygen atoms in total. The number of fused-ring (bicyclic) bond motifs is 1. The predicted octanol–water partition coefficient (Wildman–Crippen LogP) is 4.99. The first-order chi connectivity index (χ1) is 10.5. The highest BCUT2D eigenvalue weighted by Gasteiger charge is 2.15. The van der Waals surface area contributed by atoms with Crippen molar-refractivity contribution >= 4 is 20.9 Å². The van der Waals surface area contributed by atoms with Gasteiger partial charge in [0.25, 0.3) is 10.1 Å². The van der Waals surface area contributed by atoms with Gasteiger partial charge in [-0.15, -0.1) is 0 Å². The van der Waals surface area contributed by atoms with Crippen molar-refractivity contribution in [2.75, 3.05) is 0 Å². The maximum atomic E-state index is 11.6. The number of hydrogen-bond acceptors (Lipinski definition) is 2. The molecule has 2 aromatic rings. The zero-order valence-corrected chi connectivity index (χ0v) is 13.9. The first-order valence-electron chi connectivity index (χ1n) is 8.01. The summed E-state index contributed by atoms with van der Waals surface area (Å²) in [6, 6.07) is 10.9. The Bertz CT molecular complexity index is 720. The van der Waals surface area contributed by atoms with Gasteiger partial charge in [-0.25, -0.2) is 0 Å². The lowest BCUT2D eigenvalue weighted by Gasteiger charge is -2.08. The van der Waals surface area contributed by atoms with E-state index in [0.29, 0.717) is 5.39 Å². The minimum atomic E-state index is -4.19. The molecule has 0 bridgehead atoms. The summed E-state index contributed by atoms with van der Waals surface area (Å²) in [5, 5.41) is 1.44. The van der Waals surface area contributed by atoms with E-state index in [2.05, 4.69) is 6.92 Å². The number of unbranched alkanes of at least 4 members (excludes halogenated alkanes) is 5. The van der Waals surface area contributed by atoms with E-state index in [1.54, 1.807) is 18.2 Å². The monoisotopic (exact) mass is 320 g/mol. The lowest BCUT2D eigenvalue weighted by Crippen LogP contribution is -2.01. The topological polar surface area (TPSA) is 54.4 Å². The average Bonchev–Trinajstić information content (AvgIpc) is 2.49. The van der Waals surface area contributed by atoms with Gasteiger partial charge in [-0.3, -0.25) is 4.55 Å². The molecule has 0 spiro atoms. The minimum absolute atomic E-state index is 0.0200. The Balaban J connectivity index is 2.14. The Kier molecular flexibility index (Phi) is 5.98. The van der Waals surface area contributed by atoms with E-state index in [1.165, 1.54) is 25.7 Å². The molecule has 0 saturated heterocycles. The van der Waals surface area contributed by atoms with Crippen LogP contribution < -0.4 is 0 Å². The first-order valence-corrected chi connectivity index (χ1v) is 9.45. The quantitative estimate of drug-likeness (QED) is 0.550. The van der Waals surface area contributed by atoms with E-state index in [1.807, 2.05) is 18.2 Å². The predicted molar refractivity (Wildman–Crippen MR) is 90.8 cm³/mol. The highest BCUT2D eigenvalue weighted by atomic mass is 32.2. The zero-order chi connectivity index (χ0) is 16.0. The van der Waals surface area contributed by atoms with Crippen LogP contribution in [0.2, 0.25) is 0 Å². The largest absolute Gasteiger partial charge is 0.295 e. The molecule has 0 atom stereocenters. The Morgan fingerprint density at radius 2 is 1.64 bits per heavy atom. The van der Waals surface area contributed by atoms with Gasteiger partial charge >= 0.3 is 0 Å². The number of aryl methyl sites for hydroxylation is 1. The maximum absolute atomic E-state index is 11.6. The first kappa shape index (κ1) is 17.0. The summed E-state index contributed by atoms with van der Waals surface area (Å²) in [5.41, 5.74) is 0.974. The van der Waals surface area contributed by atoms with Crippen molar-refractivity contribution < 1.29 is 13.0 Å².